The predicted octanol–water partition coefficient (Wildman–Crippen LogP) is 1.80. The Morgan fingerprint density at radius 1 is 1.29 bits per heavy atom. The third-order valence-electron chi connectivity index (χ3n) is 3.94. The van der Waals surface area contributed by atoms with Gasteiger partial charge in [0, 0.05) is 13.0 Å². The molecule has 1 aliphatic heterocycles. The molecule has 0 radical (unpaired) electrons. The van der Waals surface area contributed by atoms with Crippen LogP contribution in [0.5, 0.6) is 0 Å². The number of rotatable bonds is 7. The third kappa shape index (κ3) is 5.22. The van der Waals surface area contributed by atoms with E-state index in [2.05, 4.69) is 20.1 Å². The van der Waals surface area contributed by atoms with Crippen LogP contribution in [0.1, 0.15) is 45.4 Å². The molecule has 1 atom stereocenters. The first-order valence-corrected chi connectivity index (χ1v) is 9.42. The number of carbonyl (C=O) groups is 2. The van der Waals surface area contributed by atoms with Gasteiger partial charge in [0.1, 0.15) is 11.9 Å². The van der Waals surface area contributed by atoms with Crippen molar-refractivity contribution in [2.45, 2.75) is 63.7 Å². The summed E-state index contributed by atoms with van der Waals surface area (Å²) in [6.45, 7) is 4.91. The van der Waals surface area contributed by atoms with Crippen LogP contribution in [0.3, 0.4) is 0 Å². The van der Waals surface area contributed by atoms with Crippen LogP contribution < -0.4 is 5.32 Å². The van der Waals surface area contributed by atoms with Gasteiger partial charge in [0.05, 0.1) is 12.9 Å². The lowest BCUT2D eigenvalue weighted by Gasteiger charge is -2.18. The molecule has 1 N–H and O–H groups in total. The Balaban J connectivity index is 1.90. The molecule has 2 heterocycles. The van der Waals surface area contributed by atoms with E-state index in [1.54, 1.807) is 0 Å². The molecule has 1 aromatic heterocycles. The molecule has 0 bridgehead atoms. The van der Waals surface area contributed by atoms with E-state index in [0.29, 0.717) is 6.42 Å². The van der Waals surface area contributed by atoms with Crippen LogP contribution in [-0.4, -0.2) is 45.5 Å². The Labute approximate surface area is 146 Å². The van der Waals surface area contributed by atoms with Crippen molar-refractivity contribution in [3.8, 4) is 0 Å². The van der Waals surface area contributed by atoms with Crippen LogP contribution in [0.4, 0.5) is 0 Å². The van der Waals surface area contributed by atoms with Gasteiger partial charge in [-0.05, 0) is 25.2 Å². The second-order valence-electron chi connectivity index (χ2n) is 6.42. The summed E-state index contributed by atoms with van der Waals surface area (Å²) in [5.74, 6) is 0.904. The number of hydrogen-bond acceptors (Lipinski definition) is 6. The number of fused-ring (bicyclic) bond motifs is 1. The number of nitrogens with one attached hydrogen (secondary N) is 1. The van der Waals surface area contributed by atoms with Crippen molar-refractivity contribution in [2.75, 3.05) is 12.9 Å². The fourth-order valence-electron chi connectivity index (χ4n) is 2.76. The van der Waals surface area contributed by atoms with Crippen LogP contribution in [0.25, 0.3) is 0 Å². The van der Waals surface area contributed by atoms with Gasteiger partial charge in [-0.3, -0.25) is 4.79 Å². The van der Waals surface area contributed by atoms with Gasteiger partial charge in [-0.25, -0.2) is 4.79 Å². The first-order valence-electron chi connectivity index (χ1n) is 8.43. The minimum absolute atomic E-state index is 0.193. The van der Waals surface area contributed by atoms with E-state index in [4.69, 9.17) is 4.74 Å². The summed E-state index contributed by atoms with van der Waals surface area (Å²) in [6.07, 6.45) is 4.95. The van der Waals surface area contributed by atoms with Crippen molar-refractivity contribution in [1.29, 1.82) is 0 Å². The molecule has 0 aliphatic carbocycles. The maximum atomic E-state index is 12.2. The maximum Gasteiger partial charge on any atom is 0.328 e. The van der Waals surface area contributed by atoms with Crippen molar-refractivity contribution in [3.05, 3.63) is 5.82 Å². The zero-order chi connectivity index (χ0) is 17.5. The molecule has 0 saturated carbocycles. The van der Waals surface area contributed by atoms with E-state index >= 15 is 0 Å². The zero-order valence-electron chi connectivity index (χ0n) is 14.6. The molecule has 8 heteroatoms. The summed E-state index contributed by atoms with van der Waals surface area (Å²) in [4.78, 5) is 24.0. The highest BCUT2D eigenvalue weighted by molar-refractivity contribution is 7.99. The van der Waals surface area contributed by atoms with E-state index in [1.165, 1.54) is 25.3 Å². The topological polar surface area (TPSA) is 86.1 Å². The maximum absolute atomic E-state index is 12.2. The molecule has 0 fully saturated rings. The van der Waals surface area contributed by atoms with Crippen molar-refractivity contribution >= 4 is 23.6 Å². The number of ether oxygens (including phenoxy) is 1. The Hall–Kier alpha value is -1.57. The summed E-state index contributed by atoms with van der Waals surface area (Å²) in [5.41, 5.74) is 0. The molecule has 7 nitrogen and oxygen atoms in total. The number of nitrogens with zero attached hydrogens (tertiary/aromatic N) is 3. The monoisotopic (exact) mass is 354 g/mol. The zero-order valence-corrected chi connectivity index (χ0v) is 15.4. The van der Waals surface area contributed by atoms with Crippen molar-refractivity contribution < 1.29 is 14.3 Å². The first kappa shape index (κ1) is 18.8. The van der Waals surface area contributed by atoms with Gasteiger partial charge in [0.2, 0.25) is 5.91 Å². The average molecular weight is 354 g/mol. The van der Waals surface area contributed by atoms with E-state index in [9.17, 15) is 9.59 Å². The molecule has 0 spiro atoms. The minimum atomic E-state index is -0.599. The van der Waals surface area contributed by atoms with Gasteiger partial charge in [0.25, 0.3) is 0 Å². The summed E-state index contributed by atoms with van der Waals surface area (Å²) >= 11 is 1.36. The molecule has 1 aliphatic rings. The van der Waals surface area contributed by atoms with E-state index in [-0.39, 0.29) is 17.6 Å². The van der Waals surface area contributed by atoms with Crippen molar-refractivity contribution in [3.63, 3.8) is 0 Å². The number of methoxy groups -OCH3 is 1. The number of hydrogen-bond donors (Lipinski definition) is 1. The molecular formula is C16H26N4O3S. The van der Waals surface area contributed by atoms with E-state index in [1.807, 2.05) is 13.8 Å². The van der Waals surface area contributed by atoms with Gasteiger partial charge in [0.15, 0.2) is 5.16 Å². The van der Waals surface area contributed by atoms with Gasteiger partial charge in [-0.15, -0.1) is 10.2 Å². The van der Waals surface area contributed by atoms with Gasteiger partial charge in [-0.1, -0.05) is 32.0 Å². The lowest BCUT2D eigenvalue weighted by atomic mass is 10.0. The summed E-state index contributed by atoms with van der Waals surface area (Å²) in [7, 11) is 1.34. The number of carbonyl (C=O) groups excluding carboxylic acids is 2. The lowest BCUT2D eigenvalue weighted by molar-refractivity contribution is -0.145. The Kier molecular flexibility index (Phi) is 7.08. The third-order valence-corrected chi connectivity index (χ3v) is 4.90. The first-order chi connectivity index (χ1) is 11.5. The predicted molar refractivity (Wildman–Crippen MR) is 91.7 cm³/mol. The highest BCUT2D eigenvalue weighted by Crippen LogP contribution is 2.21. The fraction of sp³-hybridized carbons (Fsp3) is 0.750. The quantitative estimate of drug-likeness (QED) is 0.593. The largest absolute Gasteiger partial charge is 0.467 e. The van der Waals surface area contributed by atoms with Crippen molar-refractivity contribution in [1.82, 2.24) is 20.1 Å². The lowest BCUT2D eigenvalue weighted by Crippen LogP contribution is -2.43. The number of esters is 1. The van der Waals surface area contributed by atoms with Crippen molar-refractivity contribution in [2.24, 2.45) is 5.92 Å². The second-order valence-corrected chi connectivity index (χ2v) is 7.37. The SMILES string of the molecule is COC(=O)[C@H](CC(C)C)NC(=O)CSc1nnc2n1CCCCC2. The van der Waals surface area contributed by atoms with Crippen LogP contribution in [0.2, 0.25) is 0 Å². The van der Waals surface area contributed by atoms with E-state index in [0.717, 1.165) is 36.8 Å². The molecule has 0 aromatic carbocycles. The molecule has 0 unspecified atom stereocenters. The summed E-state index contributed by atoms with van der Waals surface area (Å²) in [5, 5.41) is 12.0. The number of amides is 1. The second kappa shape index (κ2) is 9.05. The molecule has 134 valence electrons. The van der Waals surface area contributed by atoms with E-state index < -0.39 is 12.0 Å². The van der Waals surface area contributed by atoms with Crippen LogP contribution >= 0.6 is 11.8 Å². The highest BCUT2D eigenvalue weighted by Gasteiger charge is 2.23. The fourth-order valence-corrected chi connectivity index (χ4v) is 3.55. The Morgan fingerprint density at radius 2 is 2.08 bits per heavy atom. The minimum Gasteiger partial charge on any atom is -0.467 e. The number of aromatic nitrogens is 3. The highest BCUT2D eigenvalue weighted by atomic mass is 32.2. The van der Waals surface area contributed by atoms with Gasteiger partial charge < -0.3 is 14.6 Å². The Bertz CT molecular complexity index is 574. The molecule has 2 rings (SSSR count). The number of aryl methyl sites for hydroxylation is 1. The molecular weight excluding hydrogens is 328 g/mol. The molecule has 0 saturated heterocycles. The van der Waals surface area contributed by atoms with Crippen LogP contribution in [0.15, 0.2) is 5.16 Å². The van der Waals surface area contributed by atoms with Gasteiger partial charge in [-0.2, -0.15) is 0 Å². The Morgan fingerprint density at radius 3 is 2.79 bits per heavy atom. The average Bonchev–Trinajstić information content (AvgIpc) is 2.77. The smallest absolute Gasteiger partial charge is 0.328 e. The van der Waals surface area contributed by atoms with Gasteiger partial charge >= 0.3 is 5.97 Å². The summed E-state index contributed by atoms with van der Waals surface area (Å²) < 4.78 is 6.87. The summed E-state index contributed by atoms with van der Waals surface area (Å²) in [6, 6.07) is -0.599. The normalized spacial score (nSPS) is 15.5. The van der Waals surface area contributed by atoms with Crippen LogP contribution in [0, 0.1) is 5.92 Å². The molecule has 1 aromatic rings. The van der Waals surface area contributed by atoms with Crippen LogP contribution in [-0.2, 0) is 27.3 Å². The standard InChI is InChI=1S/C16H26N4O3S/c1-11(2)9-12(15(22)23-3)17-14(21)10-24-16-19-18-13-7-5-4-6-8-20(13)16/h11-12H,4-10H2,1-3H3,(H,17,21)/t12-/m0/s1. The number of thioether (sulfide) groups is 1. The molecule has 24 heavy (non-hydrogen) atoms. The molecule has 1 amide bonds.